The topological polar surface area (TPSA) is 38.3 Å². The van der Waals surface area contributed by atoms with E-state index in [1.165, 1.54) is 34.9 Å². The first-order chi connectivity index (χ1) is 11.6. The number of ether oxygens (including phenoxy) is 1. The molecule has 0 unspecified atom stereocenters. The van der Waals surface area contributed by atoms with E-state index in [4.69, 9.17) is 4.74 Å². The zero-order chi connectivity index (χ0) is 17.1. The van der Waals surface area contributed by atoms with Crippen LogP contribution in [-0.2, 0) is 6.42 Å². The maximum atomic E-state index is 13.7. The molecule has 124 valence electrons. The van der Waals surface area contributed by atoms with Crippen molar-refractivity contribution >= 4 is 27.3 Å². The summed E-state index contributed by atoms with van der Waals surface area (Å²) in [6.07, 6.45) is 0.731. The maximum absolute atomic E-state index is 13.7. The first-order valence-corrected chi connectivity index (χ1v) is 8.56. The van der Waals surface area contributed by atoms with E-state index in [1.54, 1.807) is 17.4 Å². The maximum Gasteiger partial charge on any atom is 0.251 e. The van der Waals surface area contributed by atoms with Gasteiger partial charge in [0.15, 0.2) is 11.6 Å². The molecule has 0 aliphatic rings. The van der Waals surface area contributed by atoms with Crippen LogP contribution >= 0.6 is 11.3 Å². The molecule has 0 radical (unpaired) electrons. The molecule has 0 saturated heterocycles. The molecule has 0 fully saturated rings. The molecule has 3 rings (SSSR count). The number of fused-ring (bicyclic) bond motifs is 1. The van der Waals surface area contributed by atoms with Gasteiger partial charge in [-0.15, -0.1) is 11.3 Å². The van der Waals surface area contributed by atoms with Gasteiger partial charge in [0.2, 0.25) is 0 Å². The molecule has 2 aromatic carbocycles. The lowest BCUT2D eigenvalue weighted by molar-refractivity contribution is 0.0939. The summed E-state index contributed by atoms with van der Waals surface area (Å²) in [5.41, 5.74) is 1.50. The standard InChI is InChI=1S/C19H18FNO2S/c1-12(9-14-11-24-18-6-4-3-5-15(14)18)21-19(22)13-7-8-17(23-2)16(20)10-13/h3-8,10-12H,9H2,1-2H3,(H,21,22)/t12-/m1/s1. The fourth-order valence-corrected chi connectivity index (χ4v) is 3.66. The Labute approximate surface area is 144 Å². The number of carbonyl (C=O) groups is 1. The summed E-state index contributed by atoms with van der Waals surface area (Å²) >= 11 is 1.70. The van der Waals surface area contributed by atoms with Crippen molar-refractivity contribution in [2.24, 2.45) is 0 Å². The van der Waals surface area contributed by atoms with Gasteiger partial charge >= 0.3 is 0 Å². The van der Waals surface area contributed by atoms with E-state index in [0.717, 1.165) is 6.42 Å². The van der Waals surface area contributed by atoms with Gasteiger partial charge in [0.25, 0.3) is 5.91 Å². The molecule has 1 amide bonds. The second-order valence-electron chi connectivity index (χ2n) is 5.69. The molecule has 3 nitrogen and oxygen atoms in total. The van der Waals surface area contributed by atoms with E-state index in [-0.39, 0.29) is 23.3 Å². The highest BCUT2D eigenvalue weighted by molar-refractivity contribution is 7.17. The predicted molar refractivity (Wildman–Crippen MR) is 95.4 cm³/mol. The third kappa shape index (κ3) is 3.41. The molecule has 1 heterocycles. The molecule has 24 heavy (non-hydrogen) atoms. The lowest BCUT2D eigenvalue weighted by atomic mass is 10.1. The molecule has 1 aromatic heterocycles. The fraction of sp³-hybridized carbons (Fsp3) is 0.211. The zero-order valence-corrected chi connectivity index (χ0v) is 14.3. The van der Waals surface area contributed by atoms with Gasteiger partial charge < -0.3 is 10.1 Å². The van der Waals surface area contributed by atoms with Gasteiger partial charge in [-0.2, -0.15) is 0 Å². The predicted octanol–water partition coefficient (Wildman–Crippen LogP) is 4.41. The molecule has 1 N–H and O–H groups in total. The Morgan fingerprint density at radius 2 is 2.08 bits per heavy atom. The van der Waals surface area contributed by atoms with Gasteiger partial charge in [-0.3, -0.25) is 4.79 Å². The number of methoxy groups -OCH3 is 1. The molecule has 1 atom stereocenters. The van der Waals surface area contributed by atoms with Crippen LogP contribution in [0.4, 0.5) is 4.39 Å². The molecule has 0 aliphatic carbocycles. The van der Waals surface area contributed by atoms with Gasteiger partial charge in [0.1, 0.15) is 0 Å². The van der Waals surface area contributed by atoms with Crippen molar-refractivity contribution in [3.8, 4) is 5.75 Å². The van der Waals surface area contributed by atoms with E-state index >= 15 is 0 Å². The number of carbonyl (C=O) groups excluding carboxylic acids is 1. The number of thiophene rings is 1. The van der Waals surface area contributed by atoms with Crippen molar-refractivity contribution < 1.29 is 13.9 Å². The SMILES string of the molecule is COc1ccc(C(=O)N[C@H](C)Cc2csc3ccccc23)cc1F. The Hall–Kier alpha value is -2.40. The number of hydrogen-bond acceptors (Lipinski definition) is 3. The van der Waals surface area contributed by atoms with E-state index in [2.05, 4.69) is 22.8 Å². The van der Waals surface area contributed by atoms with Gasteiger partial charge in [-0.05, 0) is 53.9 Å². The average Bonchev–Trinajstić information content (AvgIpc) is 2.97. The first-order valence-electron chi connectivity index (χ1n) is 7.68. The monoisotopic (exact) mass is 343 g/mol. The van der Waals surface area contributed by atoms with Crippen molar-refractivity contribution in [1.82, 2.24) is 5.32 Å². The average molecular weight is 343 g/mol. The quantitative estimate of drug-likeness (QED) is 0.745. The highest BCUT2D eigenvalue weighted by Crippen LogP contribution is 2.26. The van der Waals surface area contributed by atoms with Crippen LogP contribution in [0.5, 0.6) is 5.75 Å². The Kier molecular flexibility index (Phi) is 4.81. The Balaban J connectivity index is 1.69. The Morgan fingerprint density at radius 3 is 2.83 bits per heavy atom. The summed E-state index contributed by atoms with van der Waals surface area (Å²) in [5, 5.41) is 6.27. The first kappa shape index (κ1) is 16.5. The van der Waals surface area contributed by atoms with Crippen molar-refractivity contribution in [3.05, 3.63) is 64.8 Å². The Morgan fingerprint density at radius 1 is 1.29 bits per heavy atom. The smallest absolute Gasteiger partial charge is 0.251 e. The van der Waals surface area contributed by atoms with Gasteiger partial charge in [0.05, 0.1) is 7.11 Å². The second kappa shape index (κ2) is 7.01. The van der Waals surface area contributed by atoms with Crippen molar-refractivity contribution in [1.29, 1.82) is 0 Å². The number of nitrogens with one attached hydrogen (secondary N) is 1. The van der Waals surface area contributed by atoms with Gasteiger partial charge in [-0.25, -0.2) is 4.39 Å². The van der Waals surface area contributed by atoms with Crippen LogP contribution in [0.2, 0.25) is 0 Å². The summed E-state index contributed by atoms with van der Waals surface area (Å²) in [7, 11) is 1.39. The largest absolute Gasteiger partial charge is 0.494 e. The van der Waals surface area contributed by atoms with Crippen LogP contribution in [0.1, 0.15) is 22.8 Å². The molecule has 0 bridgehead atoms. The summed E-state index contributed by atoms with van der Waals surface area (Å²) < 4.78 is 19.8. The number of amides is 1. The van der Waals surface area contributed by atoms with Gasteiger partial charge in [-0.1, -0.05) is 18.2 Å². The van der Waals surface area contributed by atoms with Gasteiger partial charge in [0, 0.05) is 16.3 Å². The summed E-state index contributed by atoms with van der Waals surface area (Å²) in [6, 6.07) is 12.4. The summed E-state index contributed by atoms with van der Waals surface area (Å²) in [6.45, 7) is 1.95. The van der Waals surface area contributed by atoms with E-state index in [0.29, 0.717) is 0 Å². The number of hydrogen-bond donors (Lipinski definition) is 1. The normalized spacial score (nSPS) is 12.1. The van der Waals surface area contributed by atoms with Crippen molar-refractivity contribution in [3.63, 3.8) is 0 Å². The van der Waals surface area contributed by atoms with Crippen LogP contribution < -0.4 is 10.1 Å². The number of benzene rings is 2. The van der Waals surface area contributed by atoms with E-state index in [1.807, 2.05) is 19.1 Å². The summed E-state index contributed by atoms with van der Waals surface area (Å²) in [4.78, 5) is 12.3. The van der Waals surface area contributed by atoms with Crippen LogP contribution in [0.15, 0.2) is 47.8 Å². The zero-order valence-electron chi connectivity index (χ0n) is 13.5. The molecular formula is C19H18FNO2S. The second-order valence-corrected chi connectivity index (χ2v) is 6.60. The van der Waals surface area contributed by atoms with Crippen LogP contribution in [0, 0.1) is 5.82 Å². The third-order valence-corrected chi connectivity index (χ3v) is 4.89. The highest BCUT2D eigenvalue weighted by atomic mass is 32.1. The summed E-state index contributed by atoms with van der Waals surface area (Å²) in [5.74, 6) is -0.699. The molecule has 0 spiro atoms. The van der Waals surface area contributed by atoms with Crippen LogP contribution in [0.25, 0.3) is 10.1 Å². The van der Waals surface area contributed by atoms with Crippen molar-refractivity contribution in [2.75, 3.05) is 7.11 Å². The Bertz CT molecular complexity index is 875. The number of rotatable bonds is 5. The highest BCUT2D eigenvalue weighted by Gasteiger charge is 2.14. The minimum Gasteiger partial charge on any atom is -0.494 e. The van der Waals surface area contributed by atoms with Crippen molar-refractivity contribution in [2.45, 2.75) is 19.4 Å². The minimum absolute atomic E-state index is 0.0549. The molecule has 0 aliphatic heterocycles. The van der Waals surface area contributed by atoms with E-state index in [9.17, 15) is 9.18 Å². The molecule has 3 aromatic rings. The number of halogens is 1. The lowest BCUT2D eigenvalue weighted by Crippen LogP contribution is -2.34. The molecule has 5 heteroatoms. The van der Waals surface area contributed by atoms with Crippen LogP contribution in [0.3, 0.4) is 0 Å². The lowest BCUT2D eigenvalue weighted by Gasteiger charge is -2.14. The molecule has 0 saturated carbocycles. The third-order valence-electron chi connectivity index (χ3n) is 3.88. The molecular weight excluding hydrogens is 325 g/mol. The minimum atomic E-state index is -0.540. The van der Waals surface area contributed by atoms with E-state index < -0.39 is 5.82 Å². The fourth-order valence-electron chi connectivity index (χ4n) is 2.69. The van der Waals surface area contributed by atoms with Crippen LogP contribution in [-0.4, -0.2) is 19.1 Å².